The van der Waals surface area contributed by atoms with Crippen molar-refractivity contribution in [1.82, 2.24) is 9.80 Å². The highest BCUT2D eigenvalue weighted by atomic mass is 16.2. The zero-order chi connectivity index (χ0) is 14.6. The Kier molecular flexibility index (Phi) is 5.58. The highest BCUT2D eigenvalue weighted by Crippen LogP contribution is 2.16. The second-order valence-electron chi connectivity index (χ2n) is 5.65. The van der Waals surface area contributed by atoms with Gasteiger partial charge in [-0.15, -0.1) is 0 Å². The largest absolute Gasteiger partial charge is 0.335 e. The molecule has 4 nitrogen and oxygen atoms in total. The van der Waals surface area contributed by atoms with E-state index in [2.05, 4.69) is 20.8 Å². The molecule has 1 heterocycles. The molecule has 0 aromatic heterocycles. The fourth-order valence-corrected chi connectivity index (χ4v) is 2.12. The SMILES string of the molecule is CCC(C)[C@H](C)N(C)C(=O)C(=O)N1C=C[C@H](C)CC1. The minimum atomic E-state index is -0.416. The molecule has 0 bridgehead atoms. The second kappa shape index (κ2) is 6.73. The van der Waals surface area contributed by atoms with Gasteiger partial charge in [0, 0.05) is 25.8 Å². The highest BCUT2D eigenvalue weighted by Gasteiger charge is 2.29. The van der Waals surface area contributed by atoms with Crippen LogP contribution in [0.3, 0.4) is 0 Å². The molecule has 0 aliphatic carbocycles. The maximum atomic E-state index is 12.2. The minimum Gasteiger partial charge on any atom is -0.335 e. The van der Waals surface area contributed by atoms with Crippen molar-refractivity contribution in [2.24, 2.45) is 11.8 Å². The average molecular weight is 266 g/mol. The fourth-order valence-electron chi connectivity index (χ4n) is 2.12. The summed E-state index contributed by atoms with van der Waals surface area (Å²) in [5, 5.41) is 0. The Morgan fingerprint density at radius 3 is 2.53 bits per heavy atom. The minimum absolute atomic E-state index is 0.0779. The van der Waals surface area contributed by atoms with Gasteiger partial charge in [-0.25, -0.2) is 0 Å². The molecule has 108 valence electrons. The van der Waals surface area contributed by atoms with Gasteiger partial charge in [0.05, 0.1) is 0 Å². The Labute approximate surface area is 116 Å². The summed E-state index contributed by atoms with van der Waals surface area (Å²) in [7, 11) is 1.72. The van der Waals surface area contributed by atoms with Crippen molar-refractivity contribution in [3.8, 4) is 0 Å². The lowest BCUT2D eigenvalue weighted by Gasteiger charge is -2.31. The molecular formula is C15H26N2O2. The number of likely N-dealkylation sites (N-methyl/N-ethyl adjacent to an activating group) is 1. The van der Waals surface area contributed by atoms with Gasteiger partial charge in [-0.05, 0) is 25.2 Å². The molecule has 4 heteroatoms. The zero-order valence-corrected chi connectivity index (χ0v) is 12.7. The summed E-state index contributed by atoms with van der Waals surface area (Å²) in [4.78, 5) is 27.4. The molecule has 19 heavy (non-hydrogen) atoms. The number of carbonyl (C=O) groups is 2. The van der Waals surface area contributed by atoms with Crippen LogP contribution < -0.4 is 0 Å². The normalized spacial score (nSPS) is 21.9. The quantitative estimate of drug-likeness (QED) is 0.735. The van der Waals surface area contributed by atoms with Crippen LogP contribution in [-0.4, -0.2) is 41.2 Å². The van der Waals surface area contributed by atoms with Gasteiger partial charge in [-0.3, -0.25) is 9.59 Å². The monoisotopic (exact) mass is 266 g/mol. The average Bonchev–Trinajstić information content (AvgIpc) is 2.44. The van der Waals surface area contributed by atoms with E-state index in [4.69, 9.17) is 0 Å². The number of hydrogen-bond donors (Lipinski definition) is 0. The van der Waals surface area contributed by atoms with Gasteiger partial charge < -0.3 is 9.80 Å². The third kappa shape index (κ3) is 3.82. The number of amides is 2. The van der Waals surface area contributed by atoms with E-state index in [1.807, 2.05) is 13.0 Å². The third-order valence-electron chi connectivity index (χ3n) is 4.26. The van der Waals surface area contributed by atoms with Crippen molar-refractivity contribution < 1.29 is 9.59 Å². The van der Waals surface area contributed by atoms with Crippen LogP contribution in [0.4, 0.5) is 0 Å². The van der Waals surface area contributed by atoms with E-state index in [1.165, 1.54) is 4.90 Å². The second-order valence-corrected chi connectivity index (χ2v) is 5.65. The summed E-state index contributed by atoms with van der Waals surface area (Å²) < 4.78 is 0. The molecule has 1 unspecified atom stereocenters. The Morgan fingerprint density at radius 2 is 2.05 bits per heavy atom. The van der Waals surface area contributed by atoms with Crippen LogP contribution >= 0.6 is 0 Å². The van der Waals surface area contributed by atoms with Crippen molar-refractivity contribution in [3.05, 3.63) is 12.3 Å². The molecule has 1 aliphatic heterocycles. The molecule has 3 atom stereocenters. The fraction of sp³-hybridized carbons (Fsp3) is 0.733. The predicted octanol–water partition coefficient (Wildman–Crippen LogP) is 2.26. The molecule has 2 amide bonds. The summed E-state index contributed by atoms with van der Waals surface area (Å²) in [5.41, 5.74) is 0. The van der Waals surface area contributed by atoms with Gasteiger partial charge in [0.15, 0.2) is 0 Å². The van der Waals surface area contributed by atoms with Crippen LogP contribution in [0, 0.1) is 11.8 Å². The van der Waals surface area contributed by atoms with Gasteiger partial charge in [0.25, 0.3) is 0 Å². The first-order valence-corrected chi connectivity index (χ1v) is 7.14. The maximum Gasteiger partial charge on any atom is 0.316 e. The van der Waals surface area contributed by atoms with E-state index >= 15 is 0 Å². The van der Waals surface area contributed by atoms with Gasteiger partial charge in [-0.2, -0.15) is 0 Å². The van der Waals surface area contributed by atoms with Crippen LogP contribution in [0.1, 0.15) is 40.5 Å². The zero-order valence-electron chi connectivity index (χ0n) is 12.7. The lowest BCUT2D eigenvalue weighted by Crippen LogP contribution is -2.47. The number of hydrogen-bond acceptors (Lipinski definition) is 2. The number of rotatable bonds is 3. The van der Waals surface area contributed by atoms with Crippen LogP contribution in [0.5, 0.6) is 0 Å². The van der Waals surface area contributed by atoms with Crippen molar-refractivity contribution >= 4 is 11.8 Å². The first-order chi connectivity index (χ1) is 8.88. The molecular weight excluding hydrogens is 240 g/mol. The predicted molar refractivity (Wildman–Crippen MR) is 76.3 cm³/mol. The van der Waals surface area contributed by atoms with E-state index in [-0.39, 0.29) is 6.04 Å². The summed E-state index contributed by atoms with van der Waals surface area (Å²) in [6, 6.07) is 0.0779. The van der Waals surface area contributed by atoms with E-state index in [0.29, 0.717) is 18.4 Å². The van der Waals surface area contributed by atoms with Gasteiger partial charge in [-0.1, -0.05) is 33.3 Å². The van der Waals surface area contributed by atoms with E-state index < -0.39 is 11.8 Å². The summed E-state index contributed by atoms with van der Waals surface area (Å²) in [6.07, 6.45) is 5.64. The van der Waals surface area contributed by atoms with Crippen LogP contribution in [-0.2, 0) is 9.59 Å². The Hall–Kier alpha value is -1.32. The van der Waals surface area contributed by atoms with Crippen LogP contribution in [0.2, 0.25) is 0 Å². The number of allylic oxidation sites excluding steroid dienone is 1. The molecule has 0 aromatic rings. The summed E-state index contributed by atoms with van der Waals surface area (Å²) in [6.45, 7) is 8.93. The highest BCUT2D eigenvalue weighted by molar-refractivity contribution is 6.35. The van der Waals surface area contributed by atoms with E-state index in [1.54, 1.807) is 18.1 Å². The van der Waals surface area contributed by atoms with Gasteiger partial charge >= 0.3 is 11.8 Å². The molecule has 0 saturated carbocycles. The lowest BCUT2D eigenvalue weighted by molar-refractivity contribution is -0.151. The van der Waals surface area contributed by atoms with Crippen molar-refractivity contribution in [1.29, 1.82) is 0 Å². The van der Waals surface area contributed by atoms with Crippen LogP contribution in [0.15, 0.2) is 12.3 Å². The number of nitrogens with zero attached hydrogens (tertiary/aromatic N) is 2. The summed E-state index contributed by atoms with van der Waals surface area (Å²) in [5.74, 6) is 0.0439. The van der Waals surface area contributed by atoms with Crippen molar-refractivity contribution in [2.75, 3.05) is 13.6 Å². The lowest BCUT2D eigenvalue weighted by atomic mass is 9.99. The van der Waals surface area contributed by atoms with Gasteiger partial charge in [0.2, 0.25) is 0 Å². The maximum absolute atomic E-state index is 12.2. The first-order valence-electron chi connectivity index (χ1n) is 7.14. The molecule has 0 aromatic carbocycles. The number of carbonyl (C=O) groups excluding carboxylic acids is 2. The molecule has 0 spiro atoms. The standard InChI is InChI=1S/C15H26N2O2/c1-6-12(3)13(4)16(5)14(18)15(19)17-9-7-11(2)8-10-17/h7,9,11-13H,6,8,10H2,1-5H3/t11-,12?,13-/m0/s1. The van der Waals surface area contributed by atoms with Crippen LogP contribution in [0.25, 0.3) is 0 Å². The molecule has 0 N–H and O–H groups in total. The third-order valence-corrected chi connectivity index (χ3v) is 4.26. The Morgan fingerprint density at radius 1 is 1.42 bits per heavy atom. The Balaban J connectivity index is 2.66. The van der Waals surface area contributed by atoms with Gasteiger partial charge in [0.1, 0.15) is 0 Å². The topological polar surface area (TPSA) is 40.6 Å². The van der Waals surface area contributed by atoms with E-state index in [0.717, 1.165) is 12.8 Å². The smallest absolute Gasteiger partial charge is 0.316 e. The van der Waals surface area contributed by atoms with Crippen molar-refractivity contribution in [3.63, 3.8) is 0 Å². The van der Waals surface area contributed by atoms with E-state index in [9.17, 15) is 9.59 Å². The molecule has 1 rings (SSSR count). The summed E-state index contributed by atoms with van der Waals surface area (Å²) >= 11 is 0. The van der Waals surface area contributed by atoms with Crippen molar-refractivity contribution in [2.45, 2.75) is 46.6 Å². The Bertz CT molecular complexity index is 365. The molecule has 0 fully saturated rings. The first kappa shape index (κ1) is 15.7. The molecule has 1 aliphatic rings. The molecule has 0 radical (unpaired) electrons. The molecule has 0 saturated heterocycles.